The first-order chi connectivity index (χ1) is 20.8. The van der Waals surface area contributed by atoms with Crippen molar-refractivity contribution in [2.75, 3.05) is 72.7 Å². The second-order valence-electron chi connectivity index (χ2n) is 12.0. The molecule has 9 nitrogen and oxygen atoms in total. The molecule has 256 valence electrons. The Bertz CT molecular complexity index is 607. The van der Waals surface area contributed by atoms with Gasteiger partial charge in [-0.15, -0.1) is 0 Å². The second kappa shape index (κ2) is 32.1. The Morgan fingerprint density at radius 2 is 0.791 bits per heavy atom. The molecule has 0 aliphatic heterocycles. The fraction of sp³-hybridized carbons (Fsp3) is 0.941. The SMILES string of the molecule is CCCCCCCCCCCCCCCCCC(=O)OCCOCCOCCOCCOCCOCC(=O)OC(C)(C)C. The van der Waals surface area contributed by atoms with Gasteiger partial charge in [-0.2, -0.15) is 0 Å². The van der Waals surface area contributed by atoms with E-state index < -0.39 is 5.60 Å². The molecule has 0 N–H and O–H groups in total. The largest absolute Gasteiger partial charge is 0.463 e. The van der Waals surface area contributed by atoms with Gasteiger partial charge in [0.15, 0.2) is 0 Å². The van der Waals surface area contributed by atoms with E-state index in [1.165, 1.54) is 83.5 Å². The van der Waals surface area contributed by atoms with Gasteiger partial charge in [0.05, 0.1) is 59.5 Å². The first kappa shape index (κ1) is 41.7. The van der Waals surface area contributed by atoms with E-state index in [2.05, 4.69) is 6.92 Å². The van der Waals surface area contributed by atoms with Crippen molar-refractivity contribution in [2.45, 2.75) is 136 Å². The summed E-state index contributed by atoms with van der Waals surface area (Å²) < 4.78 is 37.3. The number of rotatable bonds is 33. The van der Waals surface area contributed by atoms with E-state index in [1.807, 2.05) is 20.8 Å². The van der Waals surface area contributed by atoms with E-state index in [1.54, 1.807) is 0 Å². The van der Waals surface area contributed by atoms with Gasteiger partial charge in [0.2, 0.25) is 0 Å². The molecular formula is C34H66O9. The zero-order valence-electron chi connectivity index (χ0n) is 28.3. The van der Waals surface area contributed by atoms with Crippen LogP contribution < -0.4 is 0 Å². The van der Waals surface area contributed by atoms with Crippen molar-refractivity contribution in [2.24, 2.45) is 0 Å². The summed E-state index contributed by atoms with van der Waals surface area (Å²) in [7, 11) is 0. The Balaban J connectivity index is 3.20. The molecule has 0 aromatic heterocycles. The van der Waals surface area contributed by atoms with Crippen LogP contribution in [0.2, 0.25) is 0 Å². The topological polar surface area (TPSA) is 98.8 Å². The molecule has 0 fully saturated rings. The van der Waals surface area contributed by atoms with Crippen LogP contribution in [0, 0.1) is 0 Å². The molecule has 0 spiro atoms. The summed E-state index contributed by atoms with van der Waals surface area (Å²) in [6, 6.07) is 0. The van der Waals surface area contributed by atoms with Gasteiger partial charge in [0.1, 0.15) is 18.8 Å². The van der Waals surface area contributed by atoms with Gasteiger partial charge in [0.25, 0.3) is 0 Å². The molecule has 9 heteroatoms. The number of carbonyl (C=O) groups excluding carboxylic acids is 2. The lowest BCUT2D eigenvalue weighted by Crippen LogP contribution is -2.27. The van der Waals surface area contributed by atoms with Gasteiger partial charge in [-0.3, -0.25) is 4.79 Å². The summed E-state index contributed by atoms with van der Waals surface area (Å²) in [5, 5.41) is 0. The highest BCUT2D eigenvalue weighted by atomic mass is 16.6. The Morgan fingerprint density at radius 1 is 0.442 bits per heavy atom. The van der Waals surface area contributed by atoms with Crippen molar-refractivity contribution >= 4 is 11.9 Å². The number of hydrogen-bond donors (Lipinski definition) is 0. The number of unbranched alkanes of at least 4 members (excludes halogenated alkanes) is 14. The van der Waals surface area contributed by atoms with Crippen LogP contribution in [0.25, 0.3) is 0 Å². The van der Waals surface area contributed by atoms with Gasteiger partial charge in [0, 0.05) is 6.42 Å². The minimum absolute atomic E-state index is 0.0804. The Kier molecular flexibility index (Phi) is 31.2. The minimum Gasteiger partial charge on any atom is -0.463 e. The third kappa shape index (κ3) is 36.8. The lowest BCUT2D eigenvalue weighted by Gasteiger charge is -2.19. The number of carbonyl (C=O) groups is 2. The van der Waals surface area contributed by atoms with Crippen LogP contribution in [0.4, 0.5) is 0 Å². The molecular weight excluding hydrogens is 552 g/mol. The standard InChI is InChI=1S/C34H66O9/c1-5-6-7-8-9-10-11-12-13-14-15-16-17-18-19-20-32(35)42-30-29-40-26-25-38-22-21-37-23-24-39-27-28-41-31-33(36)43-34(2,3)4/h5-31H2,1-4H3. The molecule has 0 bridgehead atoms. The highest BCUT2D eigenvalue weighted by Crippen LogP contribution is 2.14. The fourth-order valence-electron chi connectivity index (χ4n) is 4.33. The lowest BCUT2D eigenvalue weighted by molar-refractivity contribution is -0.160. The molecule has 0 heterocycles. The van der Waals surface area contributed by atoms with Crippen molar-refractivity contribution in [1.29, 1.82) is 0 Å². The van der Waals surface area contributed by atoms with Crippen LogP contribution in [0.1, 0.15) is 130 Å². The van der Waals surface area contributed by atoms with Crippen LogP contribution in [-0.2, 0) is 42.7 Å². The molecule has 0 radical (unpaired) electrons. The summed E-state index contributed by atoms with van der Waals surface area (Å²) in [6.45, 7) is 11.7. The van der Waals surface area contributed by atoms with E-state index in [0.29, 0.717) is 65.9 Å². The molecule has 0 aromatic rings. The molecule has 0 rings (SSSR count). The summed E-state index contributed by atoms with van der Waals surface area (Å²) >= 11 is 0. The molecule has 0 saturated heterocycles. The molecule has 0 aliphatic carbocycles. The molecule has 43 heavy (non-hydrogen) atoms. The Morgan fingerprint density at radius 3 is 1.19 bits per heavy atom. The van der Waals surface area contributed by atoms with Crippen LogP contribution in [-0.4, -0.2) is 90.2 Å². The molecule has 0 saturated carbocycles. The van der Waals surface area contributed by atoms with Gasteiger partial charge >= 0.3 is 11.9 Å². The van der Waals surface area contributed by atoms with Gasteiger partial charge in [-0.1, -0.05) is 96.8 Å². The minimum atomic E-state index is -0.508. The van der Waals surface area contributed by atoms with Crippen molar-refractivity contribution in [3.05, 3.63) is 0 Å². The van der Waals surface area contributed by atoms with Gasteiger partial charge < -0.3 is 33.2 Å². The Hall–Kier alpha value is -1.26. The van der Waals surface area contributed by atoms with Crippen LogP contribution in [0.5, 0.6) is 0 Å². The quantitative estimate of drug-likeness (QED) is 0.0558. The normalized spacial score (nSPS) is 11.6. The molecule has 0 unspecified atom stereocenters. The molecule has 0 amide bonds. The van der Waals surface area contributed by atoms with Crippen LogP contribution in [0.3, 0.4) is 0 Å². The van der Waals surface area contributed by atoms with Crippen molar-refractivity contribution < 1.29 is 42.7 Å². The smallest absolute Gasteiger partial charge is 0.332 e. The summed E-state index contributed by atoms with van der Waals surface area (Å²) in [5.41, 5.74) is -0.508. The van der Waals surface area contributed by atoms with Crippen molar-refractivity contribution in [3.8, 4) is 0 Å². The predicted molar refractivity (Wildman–Crippen MR) is 170 cm³/mol. The first-order valence-electron chi connectivity index (χ1n) is 17.1. The predicted octanol–water partition coefficient (Wildman–Crippen LogP) is 7.22. The van der Waals surface area contributed by atoms with Crippen LogP contribution in [0.15, 0.2) is 0 Å². The van der Waals surface area contributed by atoms with E-state index >= 15 is 0 Å². The Labute approximate surface area is 263 Å². The van der Waals surface area contributed by atoms with Gasteiger partial charge in [-0.05, 0) is 27.2 Å². The highest BCUT2D eigenvalue weighted by molar-refractivity contribution is 5.71. The van der Waals surface area contributed by atoms with E-state index in [9.17, 15) is 9.59 Å². The van der Waals surface area contributed by atoms with Crippen molar-refractivity contribution in [3.63, 3.8) is 0 Å². The number of hydrogen-bond acceptors (Lipinski definition) is 9. The van der Waals surface area contributed by atoms with Crippen molar-refractivity contribution in [1.82, 2.24) is 0 Å². The molecule has 0 atom stereocenters. The number of esters is 2. The van der Waals surface area contributed by atoms with Crippen LogP contribution >= 0.6 is 0 Å². The molecule has 0 aromatic carbocycles. The third-order valence-corrected chi connectivity index (χ3v) is 6.60. The highest BCUT2D eigenvalue weighted by Gasteiger charge is 2.15. The zero-order valence-corrected chi connectivity index (χ0v) is 28.3. The first-order valence-corrected chi connectivity index (χ1v) is 17.1. The average Bonchev–Trinajstić information content (AvgIpc) is 2.95. The zero-order chi connectivity index (χ0) is 31.7. The summed E-state index contributed by atoms with van der Waals surface area (Å²) in [6.07, 6.45) is 20.2. The number of ether oxygens (including phenoxy) is 7. The maximum absolute atomic E-state index is 11.8. The van der Waals surface area contributed by atoms with Gasteiger partial charge in [-0.25, -0.2) is 4.79 Å². The van der Waals surface area contributed by atoms with E-state index in [0.717, 1.165) is 12.8 Å². The summed E-state index contributed by atoms with van der Waals surface area (Å²) in [4.78, 5) is 23.3. The lowest BCUT2D eigenvalue weighted by atomic mass is 10.0. The maximum Gasteiger partial charge on any atom is 0.332 e. The van der Waals surface area contributed by atoms with E-state index in [4.69, 9.17) is 33.2 Å². The fourth-order valence-corrected chi connectivity index (χ4v) is 4.33. The second-order valence-corrected chi connectivity index (χ2v) is 12.0. The van der Waals surface area contributed by atoms with E-state index in [-0.39, 0.29) is 25.2 Å². The third-order valence-electron chi connectivity index (χ3n) is 6.60. The monoisotopic (exact) mass is 618 g/mol. The maximum atomic E-state index is 11.8. The average molecular weight is 619 g/mol. The summed E-state index contributed by atoms with van der Waals surface area (Å²) in [5.74, 6) is -0.519. The molecule has 0 aliphatic rings.